The van der Waals surface area contributed by atoms with Crippen LogP contribution in [0.5, 0.6) is 0 Å². The Morgan fingerprint density at radius 1 is 1.50 bits per heavy atom. The number of hydrogen-bond donors (Lipinski definition) is 1. The molecule has 1 N–H and O–H groups in total. The summed E-state index contributed by atoms with van der Waals surface area (Å²) in [5.74, 6) is -0.0784. The number of thiophene rings is 1. The Hall–Kier alpha value is -1.34. The van der Waals surface area contributed by atoms with E-state index in [0.29, 0.717) is 0 Å². The van der Waals surface area contributed by atoms with Crippen LogP contribution in [-0.2, 0) is 6.42 Å². The second-order valence-corrected chi connectivity index (χ2v) is 5.75. The van der Waals surface area contributed by atoms with Crippen molar-refractivity contribution in [2.45, 2.75) is 51.0 Å². The van der Waals surface area contributed by atoms with E-state index in [4.69, 9.17) is 0 Å². The SMILES string of the molecule is CCc1ccsc1C(=O)NC1(C#N)CCCCC1. The van der Waals surface area contributed by atoms with Gasteiger partial charge in [0.15, 0.2) is 0 Å². The molecule has 1 amide bonds. The number of aryl methyl sites for hydroxylation is 1. The van der Waals surface area contributed by atoms with Crippen molar-refractivity contribution in [1.29, 1.82) is 5.26 Å². The summed E-state index contributed by atoms with van der Waals surface area (Å²) in [4.78, 5) is 13.0. The van der Waals surface area contributed by atoms with Gasteiger partial charge in [0.2, 0.25) is 0 Å². The lowest BCUT2D eigenvalue weighted by molar-refractivity contribution is 0.0906. The van der Waals surface area contributed by atoms with Crippen LogP contribution in [0, 0.1) is 11.3 Å². The molecule has 0 unspecified atom stereocenters. The molecule has 18 heavy (non-hydrogen) atoms. The van der Waals surface area contributed by atoms with E-state index in [2.05, 4.69) is 11.4 Å². The predicted molar refractivity (Wildman–Crippen MR) is 72.6 cm³/mol. The van der Waals surface area contributed by atoms with Crippen molar-refractivity contribution in [2.75, 3.05) is 0 Å². The second-order valence-electron chi connectivity index (χ2n) is 4.84. The molecular formula is C14H18N2OS. The molecular weight excluding hydrogens is 244 g/mol. The third-order valence-corrected chi connectivity index (χ3v) is 4.56. The molecule has 0 aliphatic heterocycles. The summed E-state index contributed by atoms with van der Waals surface area (Å²) < 4.78 is 0. The van der Waals surface area contributed by atoms with Crippen LogP contribution in [0.4, 0.5) is 0 Å². The molecule has 2 rings (SSSR count). The zero-order valence-corrected chi connectivity index (χ0v) is 11.5. The predicted octanol–water partition coefficient (Wildman–Crippen LogP) is 3.27. The van der Waals surface area contributed by atoms with Crippen molar-refractivity contribution in [3.05, 3.63) is 21.9 Å². The van der Waals surface area contributed by atoms with Crippen LogP contribution >= 0.6 is 11.3 Å². The maximum absolute atomic E-state index is 12.3. The van der Waals surface area contributed by atoms with Gasteiger partial charge in [0, 0.05) is 0 Å². The Morgan fingerprint density at radius 3 is 2.83 bits per heavy atom. The van der Waals surface area contributed by atoms with Crippen LogP contribution in [-0.4, -0.2) is 11.4 Å². The van der Waals surface area contributed by atoms with Crippen molar-refractivity contribution in [3.8, 4) is 6.07 Å². The minimum atomic E-state index is -0.635. The lowest BCUT2D eigenvalue weighted by Gasteiger charge is -2.31. The van der Waals surface area contributed by atoms with Gasteiger partial charge in [-0.1, -0.05) is 26.2 Å². The van der Waals surface area contributed by atoms with Gasteiger partial charge in [-0.05, 0) is 36.3 Å². The summed E-state index contributed by atoms with van der Waals surface area (Å²) >= 11 is 1.46. The van der Waals surface area contributed by atoms with E-state index in [-0.39, 0.29) is 5.91 Å². The number of rotatable bonds is 3. The molecule has 0 saturated heterocycles. The van der Waals surface area contributed by atoms with E-state index in [1.54, 1.807) is 0 Å². The van der Waals surface area contributed by atoms with Gasteiger partial charge in [0.05, 0.1) is 10.9 Å². The number of nitrogens with one attached hydrogen (secondary N) is 1. The highest BCUT2D eigenvalue weighted by Gasteiger charge is 2.34. The zero-order valence-electron chi connectivity index (χ0n) is 10.7. The van der Waals surface area contributed by atoms with Gasteiger partial charge in [-0.2, -0.15) is 5.26 Å². The lowest BCUT2D eigenvalue weighted by atomic mass is 9.83. The van der Waals surface area contributed by atoms with Crippen molar-refractivity contribution in [2.24, 2.45) is 0 Å². The Morgan fingerprint density at radius 2 is 2.22 bits per heavy atom. The monoisotopic (exact) mass is 262 g/mol. The molecule has 1 aromatic heterocycles. The second kappa shape index (κ2) is 5.53. The van der Waals surface area contributed by atoms with Gasteiger partial charge >= 0.3 is 0 Å². The van der Waals surface area contributed by atoms with Crippen LogP contribution in [0.1, 0.15) is 54.3 Å². The first kappa shape index (κ1) is 13.1. The van der Waals surface area contributed by atoms with E-state index in [9.17, 15) is 10.1 Å². The largest absolute Gasteiger partial charge is 0.333 e. The molecule has 1 aliphatic rings. The maximum Gasteiger partial charge on any atom is 0.262 e. The number of carbonyl (C=O) groups excluding carboxylic acids is 1. The molecule has 4 heteroatoms. The van der Waals surface area contributed by atoms with Gasteiger partial charge in [-0.3, -0.25) is 4.79 Å². The van der Waals surface area contributed by atoms with Crippen molar-refractivity contribution in [3.63, 3.8) is 0 Å². The fourth-order valence-electron chi connectivity index (χ4n) is 2.51. The van der Waals surface area contributed by atoms with Crippen LogP contribution in [0.25, 0.3) is 0 Å². The van der Waals surface area contributed by atoms with E-state index in [1.165, 1.54) is 17.8 Å². The van der Waals surface area contributed by atoms with E-state index < -0.39 is 5.54 Å². The molecule has 1 saturated carbocycles. The van der Waals surface area contributed by atoms with Gasteiger partial charge in [0.25, 0.3) is 5.91 Å². The fourth-order valence-corrected chi connectivity index (χ4v) is 3.40. The molecule has 0 atom stereocenters. The van der Waals surface area contributed by atoms with Gasteiger partial charge in [-0.25, -0.2) is 0 Å². The van der Waals surface area contributed by atoms with E-state index in [1.807, 2.05) is 18.4 Å². The molecule has 0 aromatic carbocycles. The topological polar surface area (TPSA) is 52.9 Å². The zero-order chi connectivity index (χ0) is 13.0. The quantitative estimate of drug-likeness (QED) is 0.909. The highest BCUT2D eigenvalue weighted by molar-refractivity contribution is 7.12. The first-order valence-electron chi connectivity index (χ1n) is 6.51. The number of nitrogens with zero attached hydrogens (tertiary/aromatic N) is 1. The highest BCUT2D eigenvalue weighted by Crippen LogP contribution is 2.28. The van der Waals surface area contributed by atoms with E-state index >= 15 is 0 Å². The lowest BCUT2D eigenvalue weighted by Crippen LogP contribution is -2.48. The average Bonchev–Trinajstić information content (AvgIpc) is 2.88. The van der Waals surface area contributed by atoms with E-state index in [0.717, 1.165) is 42.5 Å². The summed E-state index contributed by atoms with van der Waals surface area (Å²) in [6.45, 7) is 2.04. The molecule has 0 spiro atoms. The van der Waals surface area contributed by atoms with Crippen molar-refractivity contribution >= 4 is 17.2 Å². The number of hydrogen-bond acceptors (Lipinski definition) is 3. The summed E-state index contributed by atoms with van der Waals surface area (Å²) in [5.41, 5.74) is 0.436. The standard InChI is InChI=1S/C14H18N2OS/c1-2-11-6-9-18-12(11)13(17)16-14(10-15)7-4-3-5-8-14/h6,9H,2-5,7-8H2,1H3,(H,16,17). The van der Waals surface area contributed by atoms with Crippen LogP contribution in [0.3, 0.4) is 0 Å². The average molecular weight is 262 g/mol. The van der Waals surface area contributed by atoms with Crippen LogP contribution in [0.2, 0.25) is 0 Å². The summed E-state index contributed by atoms with van der Waals surface area (Å²) in [6, 6.07) is 4.31. The van der Waals surface area contributed by atoms with Crippen molar-refractivity contribution in [1.82, 2.24) is 5.32 Å². The normalized spacial score (nSPS) is 18.0. The minimum absolute atomic E-state index is 0.0784. The first-order valence-corrected chi connectivity index (χ1v) is 7.39. The minimum Gasteiger partial charge on any atom is -0.333 e. The molecule has 3 nitrogen and oxygen atoms in total. The van der Waals surface area contributed by atoms with Crippen LogP contribution < -0.4 is 5.32 Å². The number of carbonyl (C=O) groups is 1. The first-order chi connectivity index (χ1) is 8.71. The third-order valence-electron chi connectivity index (χ3n) is 3.61. The van der Waals surface area contributed by atoms with Crippen LogP contribution in [0.15, 0.2) is 11.4 Å². The Labute approximate surface area is 112 Å². The Balaban J connectivity index is 2.13. The van der Waals surface area contributed by atoms with Crippen molar-refractivity contribution < 1.29 is 4.79 Å². The fraction of sp³-hybridized carbons (Fsp3) is 0.571. The molecule has 1 aromatic rings. The van der Waals surface area contributed by atoms with Gasteiger partial charge in [0.1, 0.15) is 5.54 Å². The van der Waals surface area contributed by atoms with Gasteiger partial charge in [-0.15, -0.1) is 11.3 Å². The summed E-state index contributed by atoms with van der Waals surface area (Å²) in [7, 11) is 0. The smallest absolute Gasteiger partial charge is 0.262 e. The number of amides is 1. The summed E-state index contributed by atoms with van der Waals surface area (Å²) in [5, 5.41) is 14.3. The molecule has 0 radical (unpaired) electrons. The Bertz CT molecular complexity index is 466. The third kappa shape index (κ3) is 2.56. The summed E-state index contributed by atoms with van der Waals surface area (Å²) in [6.07, 6.45) is 5.63. The molecule has 1 heterocycles. The maximum atomic E-state index is 12.3. The Kier molecular flexibility index (Phi) is 4.03. The molecule has 96 valence electrons. The number of nitriles is 1. The molecule has 0 bridgehead atoms. The van der Waals surface area contributed by atoms with Gasteiger partial charge < -0.3 is 5.32 Å². The molecule has 1 fully saturated rings. The molecule has 1 aliphatic carbocycles. The highest BCUT2D eigenvalue weighted by atomic mass is 32.1.